The SMILES string of the molecule is CCCC[Si](C)(C)c1cc[cH-]c1.CCCC[Si](C)(C)c1cc[cH-]c1.[Cl-].[Cl-].[Ti+4]. The Morgan fingerprint density at radius 1 is 0.704 bits per heavy atom. The van der Waals surface area contributed by atoms with Crippen LogP contribution in [0.25, 0.3) is 0 Å². The van der Waals surface area contributed by atoms with Crippen molar-refractivity contribution in [3.8, 4) is 0 Å². The van der Waals surface area contributed by atoms with E-state index in [1.54, 1.807) is 10.4 Å². The van der Waals surface area contributed by atoms with Crippen LogP contribution in [0.5, 0.6) is 0 Å². The fraction of sp³-hybridized carbons (Fsp3) is 0.545. The fourth-order valence-electron chi connectivity index (χ4n) is 3.18. The molecule has 2 aromatic carbocycles. The fourth-order valence-corrected chi connectivity index (χ4v) is 8.42. The standard InChI is InChI=1S/2C11H19Si.2ClH.Ti/c2*1-4-5-10-12(2,3)11-8-6-7-9-11;;;/h2*6-9H,4-5,10H2,1-3H3;2*1H;/q2*-1;;;+4/p-2. The molecule has 0 atom stereocenters. The molecule has 0 radical (unpaired) electrons. The second-order valence-corrected chi connectivity index (χ2v) is 18.0. The predicted octanol–water partition coefficient (Wildman–Crippen LogP) is 0.248. The van der Waals surface area contributed by atoms with Crippen LogP contribution in [0, 0.1) is 0 Å². The van der Waals surface area contributed by atoms with Gasteiger partial charge in [0.15, 0.2) is 0 Å². The van der Waals surface area contributed by atoms with Crippen molar-refractivity contribution in [2.45, 2.75) is 77.8 Å². The average Bonchev–Trinajstić information content (AvgIpc) is 3.24. The van der Waals surface area contributed by atoms with Crippen molar-refractivity contribution >= 4 is 26.5 Å². The molecule has 0 unspecified atom stereocenters. The Bertz CT molecular complexity index is 484. The Hall–Kier alpha value is 0.428. The minimum atomic E-state index is -1.05. The zero-order chi connectivity index (χ0) is 18.1. The van der Waals surface area contributed by atoms with E-state index in [1.165, 1.54) is 37.8 Å². The van der Waals surface area contributed by atoms with Crippen molar-refractivity contribution in [2.24, 2.45) is 0 Å². The van der Waals surface area contributed by atoms with Gasteiger partial charge in [-0.15, -0.1) is 0 Å². The van der Waals surface area contributed by atoms with Gasteiger partial charge in [-0.3, -0.25) is 0 Å². The van der Waals surface area contributed by atoms with Crippen LogP contribution < -0.4 is 35.2 Å². The first kappa shape index (κ1) is 32.1. The molecule has 0 amide bonds. The molecular weight excluding hydrogens is 439 g/mol. The molecule has 0 bridgehead atoms. The summed E-state index contributed by atoms with van der Waals surface area (Å²) in [7, 11) is -2.10. The maximum Gasteiger partial charge on any atom is 4.00 e. The first-order valence-corrected chi connectivity index (χ1v) is 16.2. The van der Waals surface area contributed by atoms with E-state index >= 15 is 0 Å². The zero-order valence-electron chi connectivity index (χ0n) is 18.1. The maximum absolute atomic E-state index is 2.47. The van der Waals surface area contributed by atoms with E-state index in [9.17, 15) is 0 Å². The summed E-state index contributed by atoms with van der Waals surface area (Å²) >= 11 is 0. The topological polar surface area (TPSA) is 0 Å². The van der Waals surface area contributed by atoms with E-state index in [1.807, 2.05) is 0 Å². The molecule has 2 rings (SSSR count). The van der Waals surface area contributed by atoms with Crippen molar-refractivity contribution in [3.63, 3.8) is 0 Å². The van der Waals surface area contributed by atoms with E-state index in [-0.39, 0.29) is 46.5 Å². The van der Waals surface area contributed by atoms with Crippen LogP contribution >= 0.6 is 0 Å². The normalized spacial score (nSPS) is 10.6. The third kappa shape index (κ3) is 11.9. The molecule has 0 N–H and O–H groups in total. The van der Waals surface area contributed by atoms with Crippen molar-refractivity contribution < 1.29 is 46.5 Å². The average molecular weight is 477 g/mol. The van der Waals surface area contributed by atoms with Crippen molar-refractivity contribution in [1.29, 1.82) is 0 Å². The minimum absolute atomic E-state index is 0. The molecule has 0 aliphatic carbocycles. The molecule has 0 saturated carbocycles. The summed E-state index contributed by atoms with van der Waals surface area (Å²) in [6.45, 7) is 14.4. The molecule has 152 valence electrons. The van der Waals surface area contributed by atoms with Crippen LogP contribution in [0.15, 0.2) is 48.5 Å². The maximum atomic E-state index is 2.47. The number of hydrogen-bond acceptors (Lipinski definition) is 0. The minimum Gasteiger partial charge on any atom is -1.00 e. The van der Waals surface area contributed by atoms with Crippen LogP contribution in [0.4, 0.5) is 0 Å². The van der Waals surface area contributed by atoms with Gasteiger partial charge in [0.05, 0.1) is 0 Å². The summed E-state index contributed by atoms with van der Waals surface area (Å²) in [6, 6.07) is 20.7. The largest absolute Gasteiger partial charge is 4.00 e. The second-order valence-electron chi connectivity index (χ2n) is 8.32. The quantitative estimate of drug-likeness (QED) is 0.378. The van der Waals surface area contributed by atoms with E-state index in [4.69, 9.17) is 0 Å². The molecular formula is C22H38Cl2Si2Ti. The van der Waals surface area contributed by atoms with Gasteiger partial charge in [0.2, 0.25) is 0 Å². The van der Waals surface area contributed by atoms with E-state index in [0.717, 1.165) is 0 Å². The molecule has 0 aliphatic heterocycles. The van der Waals surface area contributed by atoms with Gasteiger partial charge in [-0.25, -0.2) is 22.5 Å². The van der Waals surface area contributed by atoms with Gasteiger partial charge >= 0.3 is 21.7 Å². The Morgan fingerprint density at radius 3 is 1.26 bits per heavy atom. The summed E-state index contributed by atoms with van der Waals surface area (Å²) in [5.41, 5.74) is 0. The number of hydrogen-bond donors (Lipinski definition) is 0. The van der Waals surface area contributed by atoms with Crippen LogP contribution in [0.1, 0.15) is 39.5 Å². The van der Waals surface area contributed by atoms with Gasteiger partial charge in [0, 0.05) is 16.1 Å². The van der Waals surface area contributed by atoms with Crippen LogP contribution in [-0.2, 0) is 21.7 Å². The molecule has 0 aliphatic rings. The Balaban J connectivity index is -0.000000384. The van der Waals surface area contributed by atoms with Gasteiger partial charge in [-0.1, -0.05) is 77.8 Å². The van der Waals surface area contributed by atoms with Crippen LogP contribution in [0.2, 0.25) is 38.3 Å². The third-order valence-electron chi connectivity index (χ3n) is 5.20. The Morgan fingerprint density at radius 2 is 1.04 bits per heavy atom. The predicted molar refractivity (Wildman–Crippen MR) is 118 cm³/mol. The van der Waals surface area contributed by atoms with Gasteiger partial charge in [-0.05, 0) is 0 Å². The number of halogens is 2. The van der Waals surface area contributed by atoms with Gasteiger partial charge in [-0.2, -0.15) is 36.4 Å². The molecule has 27 heavy (non-hydrogen) atoms. The smallest absolute Gasteiger partial charge is 1.00 e. The molecule has 0 fully saturated rings. The summed E-state index contributed by atoms with van der Waals surface area (Å²) in [5.74, 6) is 0. The molecule has 0 aromatic heterocycles. The van der Waals surface area contributed by atoms with Crippen molar-refractivity contribution in [1.82, 2.24) is 0 Å². The monoisotopic (exact) mass is 476 g/mol. The molecule has 2 aromatic rings. The molecule has 0 spiro atoms. The third-order valence-corrected chi connectivity index (χ3v) is 12.2. The van der Waals surface area contributed by atoms with Gasteiger partial charge in [0.25, 0.3) is 0 Å². The van der Waals surface area contributed by atoms with E-state index in [2.05, 4.69) is 88.6 Å². The van der Waals surface area contributed by atoms with Crippen LogP contribution in [-0.4, -0.2) is 16.1 Å². The first-order valence-electron chi connectivity index (χ1n) is 9.78. The zero-order valence-corrected chi connectivity index (χ0v) is 23.2. The van der Waals surface area contributed by atoms with E-state index in [0.29, 0.717) is 0 Å². The Labute approximate surface area is 198 Å². The molecule has 5 heteroatoms. The second kappa shape index (κ2) is 16.2. The summed E-state index contributed by atoms with van der Waals surface area (Å²) < 4.78 is 0. The molecule has 0 nitrogen and oxygen atoms in total. The summed E-state index contributed by atoms with van der Waals surface area (Å²) in [4.78, 5) is 0. The summed E-state index contributed by atoms with van der Waals surface area (Å²) in [5, 5.41) is 3.24. The summed E-state index contributed by atoms with van der Waals surface area (Å²) in [6.07, 6.45) is 5.45. The first-order chi connectivity index (χ1) is 11.3. The van der Waals surface area contributed by atoms with Crippen molar-refractivity contribution in [3.05, 3.63) is 48.5 Å². The molecule has 0 heterocycles. The molecule has 0 saturated heterocycles. The number of rotatable bonds is 8. The van der Waals surface area contributed by atoms with Crippen molar-refractivity contribution in [2.75, 3.05) is 0 Å². The van der Waals surface area contributed by atoms with Gasteiger partial charge in [0.1, 0.15) is 0 Å². The Kier molecular flexibility index (Phi) is 19.3. The van der Waals surface area contributed by atoms with Gasteiger partial charge < -0.3 is 24.8 Å². The number of unbranched alkanes of at least 4 members (excludes halogenated alkanes) is 2. The van der Waals surface area contributed by atoms with Crippen LogP contribution in [0.3, 0.4) is 0 Å². The van der Waals surface area contributed by atoms with E-state index < -0.39 is 16.1 Å².